The van der Waals surface area contributed by atoms with Crippen LogP contribution in [0.4, 0.5) is 22.9 Å². The molecule has 0 unspecified atom stereocenters. The molecule has 0 spiro atoms. The SMILES string of the molecule is CN(c1ccccc1)S(=O)(=O)c1cccc(Nc2cc(N[C@H]3CC[C@H](N)CC3)nn3ccnc23)c1. The average Bonchev–Trinajstić information content (AvgIpc) is 3.35. The Hall–Kier alpha value is -3.63. The van der Waals surface area contributed by atoms with Crippen LogP contribution in [-0.2, 0) is 10.0 Å². The maximum absolute atomic E-state index is 13.3. The van der Waals surface area contributed by atoms with Crippen molar-refractivity contribution < 1.29 is 8.42 Å². The molecule has 2 aromatic heterocycles. The Kier molecular flexibility index (Phi) is 6.31. The van der Waals surface area contributed by atoms with Crippen molar-refractivity contribution in [1.29, 1.82) is 0 Å². The molecule has 1 aliphatic carbocycles. The quantitative estimate of drug-likeness (QED) is 0.358. The Labute approximate surface area is 205 Å². The summed E-state index contributed by atoms with van der Waals surface area (Å²) in [4.78, 5) is 4.61. The van der Waals surface area contributed by atoms with Gasteiger partial charge in [-0.1, -0.05) is 24.3 Å². The topological polar surface area (TPSA) is 118 Å². The molecule has 0 aliphatic heterocycles. The molecule has 0 bridgehead atoms. The van der Waals surface area contributed by atoms with Crippen molar-refractivity contribution in [2.45, 2.75) is 42.7 Å². The Bertz CT molecular complexity index is 1410. The minimum atomic E-state index is -3.73. The number of nitrogens with zero attached hydrogens (tertiary/aromatic N) is 4. The van der Waals surface area contributed by atoms with Crippen molar-refractivity contribution in [3.8, 4) is 0 Å². The van der Waals surface area contributed by atoms with E-state index >= 15 is 0 Å². The van der Waals surface area contributed by atoms with E-state index in [0.29, 0.717) is 23.1 Å². The number of sulfonamides is 1. The second-order valence-electron chi connectivity index (χ2n) is 8.86. The van der Waals surface area contributed by atoms with Crippen molar-refractivity contribution in [2.75, 3.05) is 22.0 Å². The van der Waals surface area contributed by atoms with Crippen LogP contribution in [0.25, 0.3) is 5.65 Å². The van der Waals surface area contributed by atoms with Crippen molar-refractivity contribution in [2.24, 2.45) is 5.73 Å². The normalized spacial score (nSPS) is 18.3. The van der Waals surface area contributed by atoms with E-state index < -0.39 is 10.0 Å². The van der Waals surface area contributed by atoms with Crippen LogP contribution in [-0.4, -0.2) is 42.1 Å². The zero-order valence-corrected chi connectivity index (χ0v) is 20.3. The maximum Gasteiger partial charge on any atom is 0.264 e. The molecule has 0 amide bonds. The van der Waals surface area contributed by atoms with Crippen molar-refractivity contribution in [3.63, 3.8) is 0 Å². The summed E-state index contributed by atoms with van der Waals surface area (Å²) >= 11 is 0. The van der Waals surface area contributed by atoms with Gasteiger partial charge in [0.15, 0.2) is 5.65 Å². The lowest BCUT2D eigenvalue weighted by Gasteiger charge is -2.27. The molecule has 0 radical (unpaired) electrons. The highest BCUT2D eigenvalue weighted by Crippen LogP contribution is 2.28. The van der Waals surface area contributed by atoms with E-state index in [4.69, 9.17) is 5.73 Å². The van der Waals surface area contributed by atoms with Gasteiger partial charge in [-0.3, -0.25) is 4.31 Å². The zero-order valence-electron chi connectivity index (χ0n) is 19.5. The number of hydrogen-bond acceptors (Lipinski definition) is 7. The predicted octanol–water partition coefficient (Wildman–Crippen LogP) is 3.98. The molecule has 1 aliphatic rings. The summed E-state index contributed by atoms with van der Waals surface area (Å²) < 4.78 is 29.5. The van der Waals surface area contributed by atoms with Crippen LogP contribution >= 0.6 is 0 Å². The van der Waals surface area contributed by atoms with Crippen LogP contribution in [0.15, 0.2) is 78.0 Å². The standard InChI is InChI=1S/C25H29N7O2S/c1-31(21-7-3-2-4-8-21)35(33,34)22-9-5-6-20(16-22)28-23-17-24(30-32-15-14-27-25(23)32)29-19-12-10-18(26)11-13-19/h2-9,14-19,28H,10-13,26H2,1H3,(H,29,30)/t18-,19-. The van der Waals surface area contributed by atoms with E-state index in [0.717, 1.165) is 37.2 Å². The van der Waals surface area contributed by atoms with Gasteiger partial charge in [-0.05, 0) is 56.0 Å². The van der Waals surface area contributed by atoms with E-state index in [1.54, 1.807) is 54.3 Å². The van der Waals surface area contributed by atoms with Gasteiger partial charge in [-0.25, -0.2) is 17.9 Å². The molecule has 1 fully saturated rings. The summed E-state index contributed by atoms with van der Waals surface area (Å²) in [5, 5.41) is 11.5. The number of anilines is 4. The number of nitrogens with one attached hydrogen (secondary N) is 2. The molecule has 9 nitrogen and oxygen atoms in total. The number of imidazole rings is 1. The smallest absolute Gasteiger partial charge is 0.264 e. The lowest BCUT2D eigenvalue weighted by molar-refractivity contribution is 0.410. The second-order valence-corrected chi connectivity index (χ2v) is 10.8. The first kappa shape index (κ1) is 23.1. The van der Waals surface area contributed by atoms with Gasteiger partial charge in [-0.15, -0.1) is 5.10 Å². The summed E-state index contributed by atoms with van der Waals surface area (Å²) in [6.07, 6.45) is 7.47. The molecule has 0 atom stereocenters. The fourth-order valence-electron chi connectivity index (χ4n) is 4.38. The molecule has 4 N–H and O–H groups in total. The zero-order chi connectivity index (χ0) is 24.4. The summed E-state index contributed by atoms with van der Waals surface area (Å²) in [5.41, 5.74) is 8.65. The number of hydrogen-bond donors (Lipinski definition) is 3. The van der Waals surface area contributed by atoms with Gasteiger partial charge < -0.3 is 16.4 Å². The molecule has 2 aromatic carbocycles. The van der Waals surface area contributed by atoms with Gasteiger partial charge >= 0.3 is 0 Å². The Balaban J connectivity index is 1.41. The van der Waals surface area contributed by atoms with Crippen LogP contribution < -0.4 is 20.7 Å². The minimum Gasteiger partial charge on any atom is -0.366 e. The van der Waals surface area contributed by atoms with E-state index in [-0.39, 0.29) is 10.9 Å². The van der Waals surface area contributed by atoms with Gasteiger partial charge in [0.05, 0.1) is 16.3 Å². The number of nitrogens with two attached hydrogens (primary N) is 1. The molecule has 4 aromatic rings. The third-order valence-corrected chi connectivity index (χ3v) is 8.16. The fourth-order valence-corrected chi connectivity index (χ4v) is 5.62. The predicted molar refractivity (Wildman–Crippen MR) is 139 cm³/mol. The van der Waals surface area contributed by atoms with Crippen LogP contribution in [0.1, 0.15) is 25.7 Å². The number of rotatable bonds is 7. The first-order valence-electron chi connectivity index (χ1n) is 11.7. The molecule has 5 rings (SSSR count). The van der Waals surface area contributed by atoms with Crippen LogP contribution in [0.5, 0.6) is 0 Å². The summed E-state index contributed by atoms with van der Waals surface area (Å²) in [5.74, 6) is 0.728. The third kappa shape index (κ3) is 4.94. The van der Waals surface area contributed by atoms with E-state index in [2.05, 4.69) is 20.7 Å². The minimum absolute atomic E-state index is 0.194. The molecule has 182 valence electrons. The van der Waals surface area contributed by atoms with Crippen molar-refractivity contribution >= 4 is 38.6 Å². The lowest BCUT2D eigenvalue weighted by atomic mass is 9.92. The van der Waals surface area contributed by atoms with E-state index in [9.17, 15) is 8.42 Å². The van der Waals surface area contributed by atoms with Crippen LogP contribution in [0.2, 0.25) is 0 Å². The largest absolute Gasteiger partial charge is 0.366 e. The highest BCUT2D eigenvalue weighted by Gasteiger charge is 2.22. The van der Waals surface area contributed by atoms with Gasteiger partial charge in [0, 0.05) is 43.3 Å². The summed E-state index contributed by atoms with van der Waals surface area (Å²) in [6, 6.07) is 18.3. The van der Waals surface area contributed by atoms with Gasteiger partial charge in [0.25, 0.3) is 10.0 Å². The molecule has 35 heavy (non-hydrogen) atoms. The Morgan fingerprint density at radius 3 is 2.57 bits per heavy atom. The molecular formula is C25H29N7O2S. The average molecular weight is 492 g/mol. The summed E-state index contributed by atoms with van der Waals surface area (Å²) in [6.45, 7) is 0. The molecule has 0 saturated heterocycles. The second kappa shape index (κ2) is 9.55. The first-order valence-corrected chi connectivity index (χ1v) is 13.1. The van der Waals surface area contributed by atoms with Crippen molar-refractivity contribution in [1.82, 2.24) is 14.6 Å². The van der Waals surface area contributed by atoms with Crippen LogP contribution in [0.3, 0.4) is 0 Å². The lowest BCUT2D eigenvalue weighted by Crippen LogP contribution is -2.33. The maximum atomic E-state index is 13.3. The highest BCUT2D eigenvalue weighted by atomic mass is 32.2. The molecule has 2 heterocycles. The highest BCUT2D eigenvalue weighted by molar-refractivity contribution is 7.92. The third-order valence-electron chi connectivity index (χ3n) is 6.37. The number of aromatic nitrogens is 3. The fraction of sp³-hybridized carbons (Fsp3) is 0.280. The molecular weight excluding hydrogens is 462 g/mol. The number of fused-ring (bicyclic) bond motifs is 1. The number of para-hydroxylation sites is 1. The van der Waals surface area contributed by atoms with Crippen LogP contribution in [0, 0.1) is 0 Å². The summed E-state index contributed by atoms with van der Waals surface area (Å²) in [7, 11) is -2.18. The molecule has 10 heteroatoms. The Morgan fingerprint density at radius 1 is 1.03 bits per heavy atom. The van der Waals surface area contributed by atoms with Gasteiger partial charge in [0.2, 0.25) is 0 Å². The monoisotopic (exact) mass is 491 g/mol. The first-order chi connectivity index (χ1) is 16.9. The van der Waals surface area contributed by atoms with E-state index in [1.807, 2.05) is 30.3 Å². The van der Waals surface area contributed by atoms with Gasteiger partial charge in [0.1, 0.15) is 5.82 Å². The molecule has 1 saturated carbocycles. The van der Waals surface area contributed by atoms with E-state index in [1.165, 1.54) is 4.31 Å². The van der Waals surface area contributed by atoms with Gasteiger partial charge in [-0.2, -0.15) is 0 Å². The number of benzene rings is 2. The Morgan fingerprint density at radius 2 is 1.80 bits per heavy atom. The van der Waals surface area contributed by atoms with Crippen molar-refractivity contribution in [3.05, 3.63) is 73.1 Å².